The third-order valence-corrected chi connectivity index (χ3v) is 3.78. The van der Waals surface area contributed by atoms with Gasteiger partial charge in [0.2, 0.25) is 0 Å². The molecule has 0 spiro atoms. The highest BCUT2D eigenvalue weighted by Gasteiger charge is 2.22. The van der Waals surface area contributed by atoms with Gasteiger partial charge in [0.25, 0.3) is 5.91 Å². The molecule has 1 heterocycles. The highest BCUT2D eigenvalue weighted by atomic mass is 16.2. The van der Waals surface area contributed by atoms with Gasteiger partial charge < -0.3 is 4.90 Å². The normalized spacial score (nSPS) is 15.5. The molecule has 2 aromatic rings. The van der Waals surface area contributed by atoms with Gasteiger partial charge in [0.1, 0.15) is 0 Å². The zero-order valence-electron chi connectivity index (χ0n) is 13.3. The molecule has 0 saturated carbocycles. The summed E-state index contributed by atoms with van der Waals surface area (Å²) < 4.78 is 0. The first-order valence-electron chi connectivity index (χ1n) is 7.54. The van der Waals surface area contributed by atoms with Crippen molar-refractivity contribution in [3.63, 3.8) is 0 Å². The Kier molecular flexibility index (Phi) is 4.24. The number of amides is 1. The molecule has 0 aromatic heterocycles. The molecule has 0 radical (unpaired) electrons. The fraction of sp³-hybridized carbons (Fsp3) is 0.158. The van der Waals surface area contributed by atoms with Gasteiger partial charge in [-0.2, -0.15) is 5.10 Å². The summed E-state index contributed by atoms with van der Waals surface area (Å²) >= 11 is 0. The Morgan fingerprint density at radius 3 is 2.39 bits per heavy atom. The van der Waals surface area contributed by atoms with Gasteiger partial charge in [-0.25, -0.2) is 5.43 Å². The molecule has 0 aliphatic carbocycles. The molecular weight excluding hydrogens is 286 g/mol. The molecule has 0 atom stereocenters. The summed E-state index contributed by atoms with van der Waals surface area (Å²) in [4.78, 5) is 14.1. The number of hydrogen-bond acceptors (Lipinski definition) is 3. The fourth-order valence-electron chi connectivity index (χ4n) is 2.48. The summed E-state index contributed by atoms with van der Waals surface area (Å²) in [6, 6.07) is 18.1. The van der Waals surface area contributed by atoms with E-state index >= 15 is 0 Å². The van der Waals surface area contributed by atoms with E-state index < -0.39 is 0 Å². The van der Waals surface area contributed by atoms with Crippen LogP contribution in [0.5, 0.6) is 0 Å². The Bertz CT molecular complexity index is 759. The van der Waals surface area contributed by atoms with Crippen LogP contribution in [-0.4, -0.2) is 25.7 Å². The highest BCUT2D eigenvalue weighted by molar-refractivity contribution is 6.27. The quantitative estimate of drug-likeness (QED) is 0.883. The number of nitrogens with one attached hydrogen (secondary N) is 1. The molecule has 0 bridgehead atoms. The lowest BCUT2D eigenvalue weighted by molar-refractivity contribution is -0.116. The Balaban J connectivity index is 1.84. The molecule has 116 valence electrons. The number of benzene rings is 2. The average molecular weight is 305 g/mol. The third-order valence-electron chi connectivity index (χ3n) is 3.78. The maximum absolute atomic E-state index is 12.1. The van der Waals surface area contributed by atoms with E-state index in [1.807, 2.05) is 79.7 Å². The van der Waals surface area contributed by atoms with Crippen molar-refractivity contribution >= 4 is 23.4 Å². The largest absolute Gasteiger partial charge is 0.378 e. The molecule has 4 nitrogen and oxygen atoms in total. The van der Waals surface area contributed by atoms with Gasteiger partial charge in [0, 0.05) is 26.2 Å². The zero-order valence-corrected chi connectivity index (χ0v) is 13.3. The Hall–Kier alpha value is -2.88. The van der Waals surface area contributed by atoms with E-state index in [-0.39, 0.29) is 5.91 Å². The van der Waals surface area contributed by atoms with Crippen LogP contribution in [0.2, 0.25) is 0 Å². The minimum Gasteiger partial charge on any atom is -0.378 e. The van der Waals surface area contributed by atoms with Gasteiger partial charge in [-0.1, -0.05) is 42.5 Å². The van der Waals surface area contributed by atoms with Gasteiger partial charge >= 0.3 is 0 Å². The maximum atomic E-state index is 12.1. The fourth-order valence-corrected chi connectivity index (χ4v) is 2.48. The molecule has 3 rings (SSSR count). The topological polar surface area (TPSA) is 44.7 Å². The third kappa shape index (κ3) is 3.48. The molecule has 0 saturated heterocycles. The van der Waals surface area contributed by atoms with Gasteiger partial charge in [0.15, 0.2) is 0 Å². The molecular formula is C19H19N3O. The summed E-state index contributed by atoms with van der Waals surface area (Å²) in [6.45, 7) is 0. The summed E-state index contributed by atoms with van der Waals surface area (Å²) in [5.74, 6) is -0.146. The van der Waals surface area contributed by atoms with Crippen molar-refractivity contribution < 1.29 is 4.79 Å². The molecule has 1 N–H and O–H groups in total. The van der Waals surface area contributed by atoms with Crippen LogP contribution in [0.4, 0.5) is 5.69 Å². The first kappa shape index (κ1) is 15.0. The summed E-state index contributed by atoms with van der Waals surface area (Å²) in [6.07, 6.45) is 2.53. The maximum Gasteiger partial charge on any atom is 0.273 e. The van der Waals surface area contributed by atoms with E-state index in [0.29, 0.717) is 12.0 Å². The second-order valence-corrected chi connectivity index (χ2v) is 5.71. The van der Waals surface area contributed by atoms with Crippen molar-refractivity contribution in [2.45, 2.75) is 6.42 Å². The molecule has 1 aliphatic rings. The minimum absolute atomic E-state index is 0.146. The van der Waals surface area contributed by atoms with Crippen molar-refractivity contribution in [3.05, 3.63) is 71.3 Å². The number of rotatable bonds is 4. The van der Waals surface area contributed by atoms with E-state index in [9.17, 15) is 4.79 Å². The van der Waals surface area contributed by atoms with Crippen molar-refractivity contribution in [1.29, 1.82) is 0 Å². The molecule has 1 aliphatic heterocycles. The molecule has 0 fully saturated rings. The van der Waals surface area contributed by atoms with E-state index in [2.05, 4.69) is 10.5 Å². The Morgan fingerprint density at radius 1 is 1.04 bits per heavy atom. The second kappa shape index (κ2) is 6.48. The predicted molar refractivity (Wildman–Crippen MR) is 94.5 cm³/mol. The van der Waals surface area contributed by atoms with Gasteiger partial charge in [-0.05, 0) is 29.3 Å². The SMILES string of the molecule is CN(C)c1ccc(/C=C2/C(=O)NN=C2Cc2ccccc2)cc1. The number of nitrogens with zero attached hydrogens (tertiary/aromatic N) is 2. The summed E-state index contributed by atoms with van der Waals surface area (Å²) in [5.41, 5.74) is 7.22. The van der Waals surface area contributed by atoms with Crippen molar-refractivity contribution in [2.24, 2.45) is 5.10 Å². The molecule has 23 heavy (non-hydrogen) atoms. The standard InChI is InChI=1S/C19H19N3O/c1-22(2)16-10-8-15(9-11-16)12-17-18(20-21-19(17)23)13-14-6-4-3-5-7-14/h3-12H,13H2,1-2H3,(H,21,23)/b17-12+. The first-order valence-corrected chi connectivity index (χ1v) is 7.54. The van der Waals surface area contributed by atoms with E-state index in [1.54, 1.807) is 0 Å². The van der Waals surface area contributed by atoms with Crippen molar-refractivity contribution in [1.82, 2.24) is 5.43 Å². The molecule has 2 aromatic carbocycles. The van der Waals surface area contributed by atoms with Crippen LogP contribution in [0, 0.1) is 0 Å². The number of carbonyl (C=O) groups excluding carboxylic acids is 1. The molecule has 0 unspecified atom stereocenters. The number of hydrazone groups is 1. The van der Waals surface area contributed by atoms with Crippen LogP contribution in [-0.2, 0) is 11.2 Å². The zero-order chi connectivity index (χ0) is 16.2. The lowest BCUT2D eigenvalue weighted by Gasteiger charge is -2.12. The van der Waals surface area contributed by atoms with Gasteiger partial charge in [0.05, 0.1) is 11.3 Å². The minimum atomic E-state index is -0.146. The van der Waals surface area contributed by atoms with Gasteiger partial charge in [-0.3, -0.25) is 4.79 Å². The van der Waals surface area contributed by atoms with Crippen LogP contribution < -0.4 is 10.3 Å². The van der Waals surface area contributed by atoms with Crippen LogP contribution in [0.15, 0.2) is 65.3 Å². The predicted octanol–water partition coefficient (Wildman–Crippen LogP) is 2.86. The van der Waals surface area contributed by atoms with Crippen LogP contribution >= 0.6 is 0 Å². The lowest BCUT2D eigenvalue weighted by atomic mass is 10.0. The smallest absolute Gasteiger partial charge is 0.273 e. The van der Waals surface area contributed by atoms with Crippen LogP contribution in [0.25, 0.3) is 6.08 Å². The Labute approximate surface area is 136 Å². The average Bonchev–Trinajstić information content (AvgIpc) is 2.89. The lowest BCUT2D eigenvalue weighted by Crippen LogP contribution is -2.14. The van der Waals surface area contributed by atoms with E-state index in [0.717, 1.165) is 22.5 Å². The molecule has 1 amide bonds. The van der Waals surface area contributed by atoms with Crippen LogP contribution in [0.3, 0.4) is 0 Å². The summed E-state index contributed by atoms with van der Waals surface area (Å²) in [7, 11) is 4.00. The van der Waals surface area contributed by atoms with Crippen molar-refractivity contribution in [2.75, 3.05) is 19.0 Å². The molecule has 4 heteroatoms. The van der Waals surface area contributed by atoms with Gasteiger partial charge in [-0.15, -0.1) is 0 Å². The highest BCUT2D eigenvalue weighted by Crippen LogP contribution is 2.18. The van der Waals surface area contributed by atoms with E-state index in [4.69, 9.17) is 0 Å². The number of carbonyl (C=O) groups is 1. The van der Waals surface area contributed by atoms with E-state index in [1.165, 1.54) is 0 Å². The summed E-state index contributed by atoms with van der Waals surface area (Å²) in [5, 5.41) is 4.18. The monoisotopic (exact) mass is 305 g/mol. The first-order chi connectivity index (χ1) is 11.1. The number of anilines is 1. The Morgan fingerprint density at radius 2 is 1.74 bits per heavy atom. The second-order valence-electron chi connectivity index (χ2n) is 5.71. The van der Waals surface area contributed by atoms with Crippen LogP contribution in [0.1, 0.15) is 11.1 Å². The van der Waals surface area contributed by atoms with Crippen molar-refractivity contribution in [3.8, 4) is 0 Å². The number of hydrogen-bond donors (Lipinski definition) is 1.